The highest BCUT2D eigenvalue weighted by Crippen LogP contribution is 2.20. The number of hydrogen-bond acceptors (Lipinski definition) is 7. The molecule has 21 heavy (non-hydrogen) atoms. The first-order valence-corrected chi connectivity index (χ1v) is 8.00. The number of thiazole rings is 1. The second-order valence-corrected chi connectivity index (χ2v) is 6.30. The largest absolute Gasteiger partial charge is 0.375 e. The Labute approximate surface area is 128 Å². The average Bonchev–Trinajstić information content (AvgIpc) is 2.84. The van der Waals surface area contributed by atoms with Crippen LogP contribution < -0.4 is 10.6 Å². The molecule has 2 aromatic heterocycles. The monoisotopic (exact) mass is 304 g/mol. The molecule has 112 valence electrons. The van der Waals surface area contributed by atoms with Crippen LogP contribution in [0.5, 0.6) is 0 Å². The third-order valence-electron chi connectivity index (χ3n) is 3.77. The van der Waals surface area contributed by atoms with Gasteiger partial charge in [0.1, 0.15) is 0 Å². The van der Waals surface area contributed by atoms with E-state index in [1.807, 2.05) is 13.0 Å². The molecule has 0 bridgehead atoms. The van der Waals surface area contributed by atoms with E-state index in [9.17, 15) is 0 Å². The molecule has 0 aromatic carbocycles. The molecule has 0 saturated carbocycles. The first kappa shape index (κ1) is 14.2. The number of anilines is 2. The lowest BCUT2D eigenvalue weighted by molar-refractivity contribution is 0.260. The van der Waals surface area contributed by atoms with Crippen molar-refractivity contribution in [2.45, 2.75) is 13.3 Å². The van der Waals surface area contributed by atoms with Gasteiger partial charge in [-0.3, -0.25) is 4.90 Å². The molecule has 3 heterocycles. The van der Waals surface area contributed by atoms with Crippen LogP contribution in [0.15, 0.2) is 18.5 Å². The summed E-state index contributed by atoms with van der Waals surface area (Å²) in [7, 11) is 0. The number of piperazine rings is 1. The highest BCUT2D eigenvalue weighted by Gasteiger charge is 2.18. The summed E-state index contributed by atoms with van der Waals surface area (Å²) in [5.74, 6) is 0.836. The molecule has 0 amide bonds. The summed E-state index contributed by atoms with van der Waals surface area (Å²) in [6.45, 7) is 7.15. The van der Waals surface area contributed by atoms with E-state index in [-0.39, 0.29) is 0 Å². The lowest BCUT2D eigenvalue weighted by Gasteiger charge is -2.34. The molecule has 0 atom stereocenters. The van der Waals surface area contributed by atoms with Crippen LogP contribution >= 0.6 is 11.3 Å². The third kappa shape index (κ3) is 3.48. The van der Waals surface area contributed by atoms with Crippen molar-refractivity contribution in [1.82, 2.24) is 19.9 Å². The molecule has 0 radical (unpaired) electrons. The molecule has 1 aliphatic rings. The SMILES string of the molecule is Cc1nc(N)sc1CCN1CCN(c2ncccn2)CC1. The molecule has 2 aromatic rings. The summed E-state index contributed by atoms with van der Waals surface area (Å²) in [6, 6.07) is 1.85. The maximum atomic E-state index is 5.74. The van der Waals surface area contributed by atoms with Crippen molar-refractivity contribution >= 4 is 22.4 Å². The van der Waals surface area contributed by atoms with Gasteiger partial charge in [0.05, 0.1) is 5.69 Å². The minimum Gasteiger partial charge on any atom is -0.375 e. The van der Waals surface area contributed by atoms with Gasteiger partial charge in [0.2, 0.25) is 5.95 Å². The first-order valence-electron chi connectivity index (χ1n) is 7.18. The van der Waals surface area contributed by atoms with Crippen LogP contribution in [-0.2, 0) is 6.42 Å². The highest BCUT2D eigenvalue weighted by atomic mass is 32.1. The summed E-state index contributed by atoms with van der Waals surface area (Å²) in [4.78, 5) is 18.9. The summed E-state index contributed by atoms with van der Waals surface area (Å²) in [5.41, 5.74) is 6.82. The fourth-order valence-electron chi connectivity index (χ4n) is 2.57. The van der Waals surface area contributed by atoms with E-state index in [1.165, 1.54) is 4.88 Å². The fraction of sp³-hybridized carbons (Fsp3) is 0.500. The zero-order valence-electron chi connectivity index (χ0n) is 12.2. The molecule has 1 aliphatic heterocycles. The van der Waals surface area contributed by atoms with E-state index in [4.69, 9.17) is 5.73 Å². The Hall–Kier alpha value is -1.73. The van der Waals surface area contributed by atoms with Crippen molar-refractivity contribution in [3.8, 4) is 0 Å². The van der Waals surface area contributed by atoms with Gasteiger partial charge in [0.15, 0.2) is 5.13 Å². The number of nitrogens with zero attached hydrogens (tertiary/aromatic N) is 5. The second-order valence-electron chi connectivity index (χ2n) is 5.19. The molecule has 1 fully saturated rings. The Kier molecular flexibility index (Phi) is 4.31. The summed E-state index contributed by atoms with van der Waals surface area (Å²) in [6.07, 6.45) is 4.62. The van der Waals surface area contributed by atoms with Gasteiger partial charge < -0.3 is 10.6 Å². The molecule has 0 aliphatic carbocycles. The van der Waals surface area contributed by atoms with Crippen LogP contribution in [0.3, 0.4) is 0 Å². The molecule has 3 rings (SSSR count). The molecule has 7 heteroatoms. The highest BCUT2D eigenvalue weighted by molar-refractivity contribution is 7.15. The van der Waals surface area contributed by atoms with E-state index in [2.05, 4.69) is 24.8 Å². The third-order valence-corrected chi connectivity index (χ3v) is 4.82. The van der Waals surface area contributed by atoms with Gasteiger partial charge in [0, 0.05) is 50.0 Å². The van der Waals surface area contributed by atoms with Crippen LogP contribution in [0.4, 0.5) is 11.1 Å². The minimum absolute atomic E-state index is 0.675. The number of aryl methyl sites for hydroxylation is 1. The molecule has 0 spiro atoms. The zero-order chi connectivity index (χ0) is 14.7. The van der Waals surface area contributed by atoms with Gasteiger partial charge in [0.25, 0.3) is 0 Å². The Morgan fingerprint density at radius 2 is 1.90 bits per heavy atom. The second kappa shape index (κ2) is 6.36. The maximum absolute atomic E-state index is 5.74. The lowest BCUT2D eigenvalue weighted by Crippen LogP contribution is -2.47. The summed E-state index contributed by atoms with van der Waals surface area (Å²) < 4.78 is 0. The van der Waals surface area contributed by atoms with Crippen molar-refractivity contribution < 1.29 is 0 Å². The van der Waals surface area contributed by atoms with Gasteiger partial charge in [-0.1, -0.05) is 0 Å². The lowest BCUT2D eigenvalue weighted by atomic mass is 10.2. The first-order chi connectivity index (χ1) is 10.2. The van der Waals surface area contributed by atoms with Gasteiger partial charge in [-0.15, -0.1) is 11.3 Å². The molecule has 2 N–H and O–H groups in total. The zero-order valence-corrected chi connectivity index (χ0v) is 13.0. The minimum atomic E-state index is 0.675. The number of aromatic nitrogens is 3. The van der Waals surface area contributed by atoms with Gasteiger partial charge in [-0.2, -0.15) is 0 Å². The predicted molar refractivity (Wildman–Crippen MR) is 85.7 cm³/mol. The van der Waals surface area contributed by atoms with Crippen LogP contribution in [0.2, 0.25) is 0 Å². The molecule has 0 unspecified atom stereocenters. The van der Waals surface area contributed by atoms with Crippen molar-refractivity contribution in [2.75, 3.05) is 43.4 Å². The van der Waals surface area contributed by atoms with Crippen LogP contribution in [0.25, 0.3) is 0 Å². The van der Waals surface area contributed by atoms with Crippen molar-refractivity contribution in [2.24, 2.45) is 0 Å². The Morgan fingerprint density at radius 1 is 1.19 bits per heavy atom. The maximum Gasteiger partial charge on any atom is 0.225 e. The van der Waals surface area contributed by atoms with E-state index < -0.39 is 0 Å². The van der Waals surface area contributed by atoms with Crippen LogP contribution in [0, 0.1) is 6.92 Å². The normalized spacial score (nSPS) is 16.3. The number of nitrogens with two attached hydrogens (primary N) is 1. The smallest absolute Gasteiger partial charge is 0.225 e. The van der Waals surface area contributed by atoms with Gasteiger partial charge in [-0.05, 0) is 19.4 Å². The molecular formula is C14H20N6S. The van der Waals surface area contributed by atoms with E-state index in [1.54, 1.807) is 23.7 Å². The molecule has 6 nitrogen and oxygen atoms in total. The van der Waals surface area contributed by atoms with Crippen molar-refractivity contribution in [3.05, 3.63) is 29.0 Å². The Morgan fingerprint density at radius 3 is 2.52 bits per heavy atom. The van der Waals surface area contributed by atoms with E-state index >= 15 is 0 Å². The summed E-state index contributed by atoms with van der Waals surface area (Å²) >= 11 is 1.61. The van der Waals surface area contributed by atoms with Gasteiger partial charge in [-0.25, -0.2) is 15.0 Å². The Bertz CT molecular complexity index is 576. The van der Waals surface area contributed by atoms with Gasteiger partial charge >= 0.3 is 0 Å². The topological polar surface area (TPSA) is 71.2 Å². The number of rotatable bonds is 4. The predicted octanol–water partition coefficient (Wildman–Crippen LogP) is 1.19. The average molecular weight is 304 g/mol. The van der Waals surface area contributed by atoms with Crippen LogP contribution in [0.1, 0.15) is 10.6 Å². The van der Waals surface area contributed by atoms with E-state index in [0.717, 1.165) is 50.8 Å². The number of hydrogen-bond donors (Lipinski definition) is 1. The number of nitrogen functional groups attached to an aromatic ring is 1. The molecular weight excluding hydrogens is 284 g/mol. The molecule has 1 saturated heterocycles. The quantitative estimate of drug-likeness (QED) is 0.915. The summed E-state index contributed by atoms with van der Waals surface area (Å²) in [5, 5.41) is 0.675. The van der Waals surface area contributed by atoms with Crippen molar-refractivity contribution in [3.63, 3.8) is 0 Å². The van der Waals surface area contributed by atoms with Crippen LogP contribution in [-0.4, -0.2) is 52.6 Å². The standard InChI is InChI=1S/C14H20N6S/c1-11-12(21-13(15)18-11)3-6-19-7-9-20(10-8-19)14-16-4-2-5-17-14/h2,4-5H,3,6-10H2,1H3,(H2,15,18). The van der Waals surface area contributed by atoms with E-state index in [0.29, 0.717) is 5.13 Å². The fourth-order valence-corrected chi connectivity index (χ4v) is 3.39. The van der Waals surface area contributed by atoms with Crippen molar-refractivity contribution in [1.29, 1.82) is 0 Å². The Balaban J connectivity index is 1.49.